The summed E-state index contributed by atoms with van der Waals surface area (Å²) in [6.07, 6.45) is 0. The second-order valence-electron chi connectivity index (χ2n) is 6.77. The Bertz CT molecular complexity index is 1170. The van der Waals surface area contributed by atoms with Gasteiger partial charge in [-0.15, -0.1) is 10.2 Å². The van der Waals surface area contributed by atoms with E-state index >= 15 is 0 Å². The predicted octanol–water partition coefficient (Wildman–Crippen LogP) is 4.15. The highest BCUT2D eigenvalue weighted by Crippen LogP contribution is 2.19. The summed E-state index contributed by atoms with van der Waals surface area (Å²) in [6.45, 7) is 4.47. The SMILES string of the molecule is CCOc1ccc(-n2nc3ccc(NC(=O)COc4cccc(C)c4)cc3n2)cc1. The molecule has 0 radical (unpaired) electrons. The molecule has 0 saturated carbocycles. The Balaban J connectivity index is 1.43. The van der Waals surface area contributed by atoms with Gasteiger partial charge in [-0.25, -0.2) is 0 Å². The Morgan fingerprint density at radius 1 is 0.933 bits per heavy atom. The molecule has 1 aromatic heterocycles. The van der Waals surface area contributed by atoms with Crippen molar-refractivity contribution in [3.63, 3.8) is 0 Å². The highest BCUT2D eigenvalue weighted by molar-refractivity contribution is 5.93. The first-order chi connectivity index (χ1) is 14.6. The van der Waals surface area contributed by atoms with E-state index in [1.54, 1.807) is 16.9 Å². The van der Waals surface area contributed by atoms with Gasteiger partial charge < -0.3 is 14.8 Å². The second kappa shape index (κ2) is 8.65. The van der Waals surface area contributed by atoms with E-state index in [1.807, 2.05) is 68.4 Å². The maximum absolute atomic E-state index is 12.2. The van der Waals surface area contributed by atoms with Crippen LogP contribution in [0.1, 0.15) is 12.5 Å². The van der Waals surface area contributed by atoms with E-state index in [0.29, 0.717) is 23.6 Å². The molecule has 7 nitrogen and oxygen atoms in total. The van der Waals surface area contributed by atoms with Crippen LogP contribution in [0.4, 0.5) is 5.69 Å². The lowest BCUT2D eigenvalue weighted by molar-refractivity contribution is -0.118. The van der Waals surface area contributed by atoms with Gasteiger partial charge >= 0.3 is 0 Å². The molecule has 4 aromatic rings. The monoisotopic (exact) mass is 402 g/mol. The van der Waals surface area contributed by atoms with Crippen LogP contribution in [0.5, 0.6) is 11.5 Å². The Morgan fingerprint density at radius 2 is 1.73 bits per heavy atom. The Labute approximate surface area is 174 Å². The first kappa shape index (κ1) is 19.4. The number of nitrogens with zero attached hydrogens (tertiary/aromatic N) is 3. The van der Waals surface area contributed by atoms with E-state index in [-0.39, 0.29) is 12.5 Å². The molecular weight excluding hydrogens is 380 g/mol. The summed E-state index contributed by atoms with van der Waals surface area (Å²) in [5.41, 5.74) is 3.96. The molecule has 152 valence electrons. The van der Waals surface area contributed by atoms with Crippen LogP contribution in [0.25, 0.3) is 16.7 Å². The van der Waals surface area contributed by atoms with Crippen molar-refractivity contribution in [2.45, 2.75) is 13.8 Å². The number of hydrogen-bond acceptors (Lipinski definition) is 5. The third-order valence-electron chi connectivity index (χ3n) is 4.40. The summed E-state index contributed by atoms with van der Waals surface area (Å²) in [5, 5.41) is 11.8. The van der Waals surface area contributed by atoms with E-state index < -0.39 is 0 Å². The molecule has 0 aliphatic rings. The van der Waals surface area contributed by atoms with Crippen molar-refractivity contribution in [1.29, 1.82) is 0 Å². The van der Waals surface area contributed by atoms with Crippen LogP contribution in [0.2, 0.25) is 0 Å². The van der Waals surface area contributed by atoms with Gasteiger partial charge in [-0.2, -0.15) is 4.80 Å². The van der Waals surface area contributed by atoms with Crippen molar-refractivity contribution in [3.8, 4) is 17.2 Å². The number of carbonyl (C=O) groups excluding carboxylic acids is 1. The minimum absolute atomic E-state index is 0.0691. The molecule has 1 heterocycles. The first-order valence-electron chi connectivity index (χ1n) is 9.70. The van der Waals surface area contributed by atoms with Crippen LogP contribution in [0.3, 0.4) is 0 Å². The van der Waals surface area contributed by atoms with Crippen LogP contribution < -0.4 is 14.8 Å². The molecule has 1 amide bonds. The molecular formula is C23H22N4O3. The summed E-state index contributed by atoms with van der Waals surface area (Å²) in [4.78, 5) is 13.8. The summed E-state index contributed by atoms with van der Waals surface area (Å²) < 4.78 is 11.0. The van der Waals surface area contributed by atoms with E-state index in [2.05, 4.69) is 15.5 Å². The lowest BCUT2D eigenvalue weighted by Crippen LogP contribution is -2.20. The highest BCUT2D eigenvalue weighted by atomic mass is 16.5. The average molecular weight is 402 g/mol. The maximum Gasteiger partial charge on any atom is 0.262 e. The van der Waals surface area contributed by atoms with Gasteiger partial charge in [0.25, 0.3) is 5.91 Å². The second-order valence-corrected chi connectivity index (χ2v) is 6.77. The van der Waals surface area contributed by atoms with Crippen molar-refractivity contribution < 1.29 is 14.3 Å². The number of ether oxygens (including phenoxy) is 2. The fourth-order valence-corrected chi connectivity index (χ4v) is 3.00. The molecule has 0 spiro atoms. The molecule has 3 aromatic carbocycles. The molecule has 4 rings (SSSR count). The van der Waals surface area contributed by atoms with Gasteiger partial charge in [0.05, 0.1) is 12.3 Å². The van der Waals surface area contributed by atoms with E-state index in [9.17, 15) is 4.79 Å². The third kappa shape index (κ3) is 4.57. The quantitative estimate of drug-likeness (QED) is 0.503. The van der Waals surface area contributed by atoms with Crippen LogP contribution in [-0.4, -0.2) is 34.1 Å². The van der Waals surface area contributed by atoms with Crippen molar-refractivity contribution in [2.24, 2.45) is 0 Å². The zero-order valence-corrected chi connectivity index (χ0v) is 16.8. The molecule has 0 aliphatic heterocycles. The Kier molecular flexibility index (Phi) is 5.61. The minimum atomic E-state index is -0.241. The van der Waals surface area contributed by atoms with Crippen molar-refractivity contribution >= 4 is 22.6 Å². The molecule has 0 atom stereocenters. The van der Waals surface area contributed by atoms with Gasteiger partial charge in [0, 0.05) is 5.69 Å². The van der Waals surface area contributed by atoms with Gasteiger partial charge in [0.15, 0.2) is 6.61 Å². The number of hydrogen-bond donors (Lipinski definition) is 1. The van der Waals surface area contributed by atoms with E-state index in [0.717, 1.165) is 22.5 Å². The lowest BCUT2D eigenvalue weighted by Gasteiger charge is -2.08. The molecule has 0 fully saturated rings. The van der Waals surface area contributed by atoms with Crippen LogP contribution in [-0.2, 0) is 4.79 Å². The zero-order valence-electron chi connectivity index (χ0n) is 16.8. The molecule has 0 bridgehead atoms. The minimum Gasteiger partial charge on any atom is -0.494 e. The Morgan fingerprint density at radius 3 is 2.50 bits per heavy atom. The smallest absolute Gasteiger partial charge is 0.262 e. The predicted molar refractivity (Wildman–Crippen MR) is 115 cm³/mol. The van der Waals surface area contributed by atoms with Crippen molar-refractivity contribution in [2.75, 3.05) is 18.5 Å². The normalized spacial score (nSPS) is 10.7. The number of rotatable bonds is 7. The van der Waals surface area contributed by atoms with Crippen molar-refractivity contribution in [1.82, 2.24) is 15.0 Å². The molecule has 30 heavy (non-hydrogen) atoms. The number of nitrogens with one attached hydrogen (secondary N) is 1. The van der Waals surface area contributed by atoms with Gasteiger partial charge in [-0.1, -0.05) is 12.1 Å². The van der Waals surface area contributed by atoms with E-state index in [4.69, 9.17) is 9.47 Å². The van der Waals surface area contributed by atoms with Crippen molar-refractivity contribution in [3.05, 3.63) is 72.3 Å². The van der Waals surface area contributed by atoms with Gasteiger partial charge in [0.1, 0.15) is 22.5 Å². The lowest BCUT2D eigenvalue weighted by atomic mass is 10.2. The standard InChI is InChI=1S/C23H22N4O3/c1-3-29-19-10-8-18(9-11-19)27-25-21-12-7-17(14-22(21)26-27)24-23(28)15-30-20-6-4-5-16(2)13-20/h4-14H,3,15H2,1-2H3,(H,24,28). The van der Waals surface area contributed by atoms with E-state index in [1.165, 1.54) is 0 Å². The van der Waals surface area contributed by atoms with Gasteiger partial charge in [0.2, 0.25) is 0 Å². The number of anilines is 1. The topological polar surface area (TPSA) is 78.3 Å². The summed E-state index contributed by atoms with van der Waals surface area (Å²) in [5.74, 6) is 1.23. The highest BCUT2D eigenvalue weighted by Gasteiger charge is 2.09. The number of carbonyl (C=O) groups is 1. The molecule has 0 unspecified atom stereocenters. The molecule has 7 heteroatoms. The molecule has 0 saturated heterocycles. The van der Waals surface area contributed by atoms with Crippen LogP contribution in [0, 0.1) is 6.92 Å². The fraction of sp³-hybridized carbons (Fsp3) is 0.174. The molecule has 1 N–H and O–H groups in total. The van der Waals surface area contributed by atoms with Crippen LogP contribution >= 0.6 is 0 Å². The largest absolute Gasteiger partial charge is 0.494 e. The van der Waals surface area contributed by atoms with Gasteiger partial charge in [-0.05, 0) is 74.0 Å². The fourth-order valence-electron chi connectivity index (χ4n) is 3.00. The zero-order chi connectivity index (χ0) is 20.9. The van der Waals surface area contributed by atoms with Gasteiger partial charge in [-0.3, -0.25) is 4.79 Å². The average Bonchev–Trinajstić information content (AvgIpc) is 3.16. The number of benzene rings is 3. The summed E-state index contributed by atoms with van der Waals surface area (Å²) in [7, 11) is 0. The Hall–Kier alpha value is -3.87. The number of fused-ring (bicyclic) bond motifs is 1. The summed E-state index contributed by atoms with van der Waals surface area (Å²) >= 11 is 0. The number of aromatic nitrogens is 3. The molecule has 0 aliphatic carbocycles. The summed E-state index contributed by atoms with van der Waals surface area (Å²) in [6, 6.07) is 20.5. The first-order valence-corrected chi connectivity index (χ1v) is 9.70. The number of amides is 1. The van der Waals surface area contributed by atoms with Crippen LogP contribution in [0.15, 0.2) is 66.7 Å². The third-order valence-corrected chi connectivity index (χ3v) is 4.40. The number of aryl methyl sites for hydroxylation is 1. The maximum atomic E-state index is 12.2.